The van der Waals surface area contributed by atoms with Crippen LogP contribution >= 0.6 is 11.3 Å². The molecule has 2 rings (SSSR count). The molecule has 0 saturated carbocycles. The molecule has 0 spiro atoms. The van der Waals surface area contributed by atoms with E-state index in [1.807, 2.05) is 11.4 Å². The monoisotopic (exact) mass is 336 g/mol. The van der Waals surface area contributed by atoms with Crippen LogP contribution in [0.3, 0.4) is 0 Å². The number of nitrogens with zero attached hydrogens (tertiary/aromatic N) is 3. The van der Waals surface area contributed by atoms with Crippen LogP contribution in [0.15, 0.2) is 17.6 Å². The lowest BCUT2D eigenvalue weighted by atomic mass is 10.2. The molecule has 1 amide bonds. The molecule has 0 aliphatic rings. The number of carbonyl (C=O) groups is 2. The maximum Gasteiger partial charge on any atom is 0.413 e. The Labute approximate surface area is 138 Å². The number of hydrogen-bond donors (Lipinski definition) is 1. The van der Waals surface area contributed by atoms with E-state index in [0.717, 1.165) is 11.4 Å². The second kappa shape index (κ2) is 6.91. The van der Waals surface area contributed by atoms with Gasteiger partial charge < -0.3 is 4.74 Å². The van der Waals surface area contributed by atoms with Gasteiger partial charge in [0, 0.05) is 11.6 Å². The summed E-state index contributed by atoms with van der Waals surface area (Å²) in [4.78, 5) is 27.1. The summed E-state index contributed by atoms with van der Waals surface area (Å²) in [6.45, 7) is 7.42. The van der Waals surface area contributed by atoms with Crippen LogP contribution < -0.4 is 5.32 Å². The molecule has 124 valence electrons. The molecule has 8 heteroatoms. The molecule has 0 atom stereocenters. The predicted molar refractivity (Wildman–Crippen MR) is 87.7 cm³/mol. The van der Waals surface area contributed by atoms with Gasteiger partial charge in [0.05, 0.1) is 24.4 Å². The second-order valence-corrected chi connectivity index (χ2v) is 7.01. The van der Waals surface area contributed by atoms with E-state index in [4.69, 9.17) is 4.74 Å². The molecular weight excluding hydrogens is 316 g/mol. The van der Waals surface area contributed by atoms with E-state index in [1.165, 1.54) is 18.3 Å². The van der Waals surface area contributed by atoms with Gasteiger partial charge in [-0.3, -0.25) is 14.8 Å². The van der Waals surface area contributed by atoms with Crippen LogP contribution in [0.25, 0.3) is 0 Å². The topological polar surface area (TPSA) is 86.1 Å². The summed E-state index contributed by atoms with van der Waals surface area (Å²) in [5.41, 5.74) is 0.963. The van der Waals surface area contributed by atoms with Crippen LogP contribution in [0.1, 0.15) is 39.1 Å². The molecule has 0 aliphatic carbocycles. The highest BCUT2D eigenvalue weighted by Crippen LogP contribution is 2.17. The third-order valence-corrected chi connectivity index (χ3v) is 3.42. The first kappa shape index (κ1) is 17.1. The van der Waals surface area contributed by atoms with Crippen LogP contribution in [0.2, 0.25) is 0 Å². The largest absolute Gasteiger partial charge is 0.444 e. The summed E-state index contributed by atoms with van der Waals surface area (Å²) in [7, 11) is 0. The third kappa shape index (κ3) is 5.82. The zero-order valence-electron chi connectivity index (χ0n) is 13.6. The molecule has 2 aromatic heterocycles. The van der Waals surface area contributed by atoms with Gasteiger partial charge in [-0.05, 0) is 33.8 Å². The van der Waals surface area contributed by atoms with Gasteiger partial charge in [-0.1, -0.05) is 0 Å². The van der Waals surface area contributed by atoms with E-state index in [2.05, 4.69) is 15.4 Å². The highest BCUT2D eigenvalue weighted by atomic mass is 32.1. The van der Waals surface area contributed by atoms with Crippen molar-refractivity contribution in [3.8, 4) is 0 Å². The molecule has 0 saturated heterocycles. The Morgan fingerprint density at radius 3 is 2.74 bits per heavy atom. The fraction of sp³-hybridized carbons (Fsp3) is 0.467. The lowest BCUT2D eigenvalue weighted by Gasteiger charge is -2.18. The van der Waals surface area contributed by atoms with E-state index >= 15 is 0 Å². The van der Waals surface area contributed by atoms with E-state index < -0.39 is 11.7 Å². The number of Topliss-reactive ketones (excluding diaryl/α,β-unsaturated/α-hetero) is 1. The van der Waals surface area contributed by atoms with E-state index in [0.29, 0.717) is 18.1 Å². The number of ether oxygens (including phenoxy) is 1. The molecule has 0 fully saturated rings. The SMILES string of the molecule is CC(=O)Cc1ccn(Cc2csc(NC(=O)OC(C)(C)C)n2)n1. The number of amides is 1. The number of thiazole rings is 1. The molecule has 2 aromatic rings. The van der Waals surface area contributed by atoms with Crippen LogP contribution in [0.4, 0.5) is 9.93 Å². The predicted octanol–water partition coefficient (Wildman–Crippen LogP) is 2.87. The Balaban J connectivity index is 1.93. The van der Waals surface area contributed by atoms with Gasteiger partial charge in [0.2, 0.25) is 0 Å². The number of hydrogen-bond acceptors (Lipinski definition) is 6. The molecule has 0 aromatic carbocycles. The summed E-state index contributed by atoms with van der Waals surface area (Å²) in [5.74, 6) is 0.0766. The minimum atomic E-state index is -0.549. The van der Waals surface area contributed by atoms with Crippen LogP contribution in [-0.2, 0) is 22.5 Å². The minimum absolute atomic E-state index is 0.0766. The first-order valence-electron chi connectivity index (χ1n) is 7.17. The van der Waals surface area contributed by atoms with Gasteiger partial charge in [-0.15, -0.1) is 11.3 Å². The summed E-state index contributed by atoms with van der Waals surface area (Å²) in [6, 6.07) is 1.81. The van der Waals surface area contributed by atoms with E-state index in [1.54, 1.807) is 31.6 Å². The van der Waals surface area contributed by atoms with Crippen LogP contribution in [-0.4, -0.2) is 32.2 Å². The summed E-state index contributed by atoms with van der Waals surface area (Å²) in [6.07, 6.45) is 1.61. The number of rotatable bonds is 5. The molecule has 0 unspecified atom stereocenters. The van der Waals surface area contributed by atoms with Crippen molar-refractivity contribution in [3.05, 3.63) is 29.0 Å². The molecule has 0 radical (unpaired) electrons. The Morgan fingerprint density at radius 2 is 2.09 bits per heavy atom. The van der Waals surface area contributed by atoms with Gasteiger partial charge in [-0.25, -0.2) is 9.78 Å². The first-order chi connectivity index (χ1) is 10.7. The van der Waals surface area contributed by atoms with Crippen molar-refractivity contribution in [2.24, 2.45) is 0 Å². The number of aromatic nitrogens is 3. The average Bonchev–Trinajstić information content (AvgIpc) is 2.96. The molecule has 23 heavy (non-hydrogen) atoms. The Hall–Kier alpha value is -2.22. The Bertz CT molecular complexity index is 700. The van der Waals surface area contributed by atoms with Gasteiger partial charge >= 0.3 is 6.09 Å². The van der Waals surface area contributed by atoms with Gasteiger partial charge in [-0.2, -0.15) is 5.10 Å². The Kier molecular flexibility index (Phi) is 5.15. The van der Waals surface area contributed by atoms with Crippen molar-refractivity contribution in [2.45, 2.75) is 46.3 Å². The Morgan fingerprint density at radius 1 is 1.35 bits per heavy atom. The lowest BCUT2D eigenvalue weighted by molar-refractivity contribution is -0.116. The quantitative estimate of drug-likeness (QED) is 0.907. The second-order valence-electron chi connectivity index (χ2n) is 6.15. The number of carbonyl (C=O) groups excluding carboxylic acids is 2. The van der Waals surface area contributed by atoms with E-state index in [9.17, 15) is 9.59 Å². The molecule has 0 aliphatic heterocycles. The zero-order valence-corrected chi connectivity index (χ0v) is 14.4. The zero-order chi connectivity index (χ0) is 17.0. The van der Waals surface area contributed by atoms with Crippen molar-refractivity contribution < 1.29 is 14.3 Å². The normalized spacial score (nSPS) is 11.3. The van der Waals surface area contributed by atoms with Crippen LogP contribution in [0.5, 0.6) is 0 Å². The minimum Gasteiger partial charge on any atom is -0.444 e. The average molecular weight is 336 g/mol. The third-order valence-electron chi connectivity index (χ3n) is 2.61. The fourth-order valence-electron chi connectivity index (χ4n) is 1.84. The maximum atomic E-state index is 11.7. The van der Waals surface area contributed by atoms with Gasteiger partial charge in [0.1, 0.15) is 11.4 Å². The molecule has 0 bridgehead atoms. The summed E-state index contributed by atoms with van der Waals surface area (Å²) < 4.78 is 6.89. The lowest BCUT2D eigenvalue weighted by Crippen LogP contribution is -2.27. The maximum absolute atomic E-state index is 11.7. The highest BCUT2D eigenvalue weighted by Gasteiger charge is 2.17. The van der Waals surface area contributed by atoms with Crippen molar-refractivity contribution in [2.75, 3.05) is 5.32 Å². The molecular formula is C15H20N4O3S. The first-order valence-corrected chi connectivity index (χ1v) is 8.05. The molecule has 1 N–H and O–H groups in total. The summed E-state index contributed by atoms with van der Waals surface area (Å²) in [5, 5.41) is 9.24. The van der Waals surface area contributed by atoms with Gasteiger partial charge in [0.15, 0.2) is 5.13 Å². The fourth-order valence-corrected chi connectivity index (χ4v) is 2.52. The number of ketones is 1. The van der Waals surface area contributed by atoms with Crippen LogP contribution in [0, 0.1) is 0 Å². The summed E-state index contributed by atoms with van der Waals surface area (Å²) >= 11 is 1.32. The number of nitrogens with one attached hydrogen (secondary N) is 1. The van der Waals surface area contributed by atoms with Crippen molar-refractivity contribution in [1.29, 1.82) is 0 Å². The standard InChI is InChI=1S/C15H20N4O3S/c1-10(20)7-11-5-6-19(18-11)8-12-9-23-13(16-12)17-14(21)22-15(2,3)4/h5-6,9H,7-8H2,1-4H3,(H,16,17,21). The van der Waals surface area contributed by atoms with Gasteiger partial charge in [0.25, 0.3) is 0 Å². The highest BCUT2D eigenvalue weighted by molar-refractivity contribution is 7.13. The van der Waals surface area contributed by atoms with Crippen molar-refractivity contribution in [1.82, 2.24) is 14.8 Å². The molecule has 7 nitrogen and oxygen atoms in total. The smallest absolute Gasteiger partial charge is 0.413 e. The van der Waals surface area contributed by atoms with E-state index in [-0.39, 0.29) is 5.78 Å². The molecule has 2 heterocycles. The van der Waals surface area contributed by atoms with Crippen molar-refractivity contribution >= 4 is 28.3 Å². The number of anilines is 1. The van der Waals surface area contributed by atoms with Crippen molar-refractivity contribution in [3.63, 3.8) is 0 Å².